The number of hydrogen-bond acceptors (Lipinski definition) is 8. The summed E-state index contributed by atoms with van der Waals surface area (Å²) in [5.74, 6) is 0.881. The summed E-state index contributed by atoms with van der Waals surface area (Å²) in [4.78, 5) is 38.9. The number of benzene rings is 2. The Bertz CT molecular complexity index is 1720. The van der Waals surface area contributed by atoms with Crippen LogP contribution in [0.2, 0.25) is 0 Å². The Morgan fingerprint density at radius 2 is 1.82 bits per heavy atom. The highest BCUT2D eigenvalue weighted by atomic mass is 32.2. The minimum Gasteiger partial charge on any atom is -0.497 e. The highest BCUT2D eigenvalue weighted by Crippen LogP contribution is 2.66. The van der Waals surface area contributed by atoms with Crippen molar-refractivity contribution in [3.63, 3.8) is 0 Å². The third-order valence-corrected chi connectivity index (χ3v) is 11.0. The molecule has 264 valence electrons. The first-order chi connectivity index (χ1) is 23.5. The SMILES string of the molecule is COC(=O)C12CC1c1cc(OC)ccc1-c1c(C3CCCCC3)c3ccc(C(=O)NSN(C)CCCCNC(=O)OC(C)(C)C)cc3n1C2. The molecule has 6 rings (SSSR count). The summed E-state index contributed by atoms with van der Waals surface area (Å²) in [6, 6.07) is 12.3. The highest BCUT2D eigenvalue weighted by Gasteiger charge is 2.64. The van der Waals surface area contributed by atoms with Crippen molar-refractivity contribution in [2.75, 3.05) is 34.4 Å². The van der Waals surface area contributed by atoms with Crippen molar-refractivity contribution in [1.29, 1.82) is 0 Å². The van der Waals surface area contributed by atoms with Gasteiger partial charge in [0.1, 0.15) is 11.4 Å². The number of methoxy groups -OCH3 is 2. The summed E-state index contributed by atoms with van der Waals surface area (Å²) >= 11 is 1.27. The molecule has 11 heteroatoms. The van der Waals surface area contributed by atoms with Gasteiger partial charge in [0.05, 0.1) is 25.3 Å². The van der Waals surface area contributed by atoms with Crippen LogP contribution in [0.4, 0.5) is 4.79 Å². The van der Waals surface area contributed by atoms with Crippen molar-refractivity contribution in [2.24, 2.45) is 5.41 Å². The van der Waals surface area contributed by atoms with Gasteiger partial charge in [0.15, 0.2) is 0 Å². The number of nitrogens with zero attached hydrogens (tertiary/aromatic N) is 2. The maximum absolute atomic E-state index is 13.5. The van der Waals surface area contributed by atoms with Gasteiger partial charge in [-0.2, -0.15) is 0 Å². The van der Waals surface area contributed by atoms with Crippen molar-refractivity contribution in [1.82, 2.24) is 18.9 Å². The largest absolute Gasteiger partial charge is 0.497 e. The number of nitrogens with one attached hydrogen (secondary N) is 2. The van der Waals surface area contributed by atoms with Crippen LogP contribution >= 0.6 is 12.1 Å². The molecule has 3 aliphatic rings. The molecule has 0 bridgehead atoms. The number of unbranched alkanes of at least 4 members (excludes halogenated alkanes) is 1. The number of carbonyl (C=O) groups is 3. The average molecular weight is 691 g/mol. The van der Waals surface area contributed by atoms with Crippen LogP contribution in [0.25, 0.3) is 22.2 Å². The predicted molar refractivity (Wildman–Crippen MR) is 193 cm³/mol. The van der Waals surface area contributed by atoms with Crippen LogP contribution in [0.1, 0.15) is 105 Å². The van der Waals surface area contributed by atoms with Crippen molar-refractivity contribution < 1.29 is 28.6 Å². The topological polar surface area (TPSA) is 111 Å². The Morgan fingerprint density at radius 1 is 1.04 bits per heavy atom. The molecule has 0 spiro atoms. The molecule has 2 aromatic carbocycles. The Balaban J connectivity index is 1.24. The number of carbonyl (C=O) groups excluding carboxylic acids is 3. The van der Waals surface area contributed by atoms with Crippen LogP contribution in [0, 0.1) is 5.41 Å². The zero-order valence-electron chi connectivity index (χ0n) is 29.6. The van der Waals surface area contributed by atoms with Gasteiger partial charge in [-0.3, -0.25) is 14.3 Å². The fourth-order valence-electron chi connectivity index (χ4n) is 7.80. The van der Waals surface area contributed by atoms with Crippen LogP contribution in [0.15, 0.2) is 36.4 Å². The summed E-state index contributed by atoms with van der Waals surface area (Å²) in [6.07, 6.45) is 7.87. The fraction of sp³-hybridized carbons (Fsp3) is 0.553. The highest BCUT2D eigenvalue weighted by molar-refractivity contribution is 7.95. The lowest BCUT2D eigenvalue weighted by molar-refractivity contribution is -0.147. The molecule has 1 aliphatic heterocycles. The van der Waals surface area contributed by atoms with E-state index in [0.29, 0.717) is 24.6 Å². The average Bonchev–Trinajstić information content (AvgIpc) is 3.75. The quantitative estimate of drug-likeness (QED) is 0.121. The van der Waals surface area contributed by atoms with E-state index in [1.54, 1.807) is 7.11 Å². The Labute approximate surface area is 293 Å². The second kappa shape index (κ2) is 14.3. The molecule has 0 radical (unpaired) electrons. The Kier molecular flexibility index (Phi) is 10.2. The van der Waals surface area contributed by atoms with Crippen LogP contribution in [-0.4, -0.2) is 66.8 Å². The summed E-state index contributed by atoms with van der Waals surface area (Å²) in [5.41, 5.74) is 5.17. The van der Waals surface area contributed by atoms with Crippen molar-refractivity contribution in [3.05, 3.63) is 53.1 Å². The number of fused-ring (bicyclic) bond motifs is 7. The third kappa shape index (κ3) is 7.29. The molecule has 2 saturated carbocycles. The van der Waals surface area contributed by atoms with E-state index in [9.17, 15) is 14.4 Å². The second-order valence-corrected chi connectivity index (χ2v) is 15.8. The number of aromatic nitrogens is 1. The lowest BCUT2D eigenvalue weighted by Gasteiger charge is -2.24. The van der Waals surface area contributed by atoms with Crippen molar-refractivity contribution in [2.45, 2.75) is 96.1 Å². The fourth-order valence-corrected chi connectivity index (χ4v) is 8.38. The van der Waals surface area contributed by atoms with E-state index in [1.807, 2.05) is 50.3 Å². The second-order valence-electron chi connectivity index (χ2n) is 14.8. The minimum absolute atomic E-state index is 0.0470. The van der Waals surface area contributed by atoms with Crippen LogP contribution in [0.5, 0.6) is 5.75 Å². The van der Waals surface area contributed by atoms with E-state index in [0.717, 1.165) is 66.4 Å². The third-order valence-electron chi connectivity index (χ3n) is 10.2. The molecule has 0 saturated heterocycles. The van der Waals surface area contributed by atoms with Crippen molar-refractivity contribution >= 4 is 41.0 Å². The number of ether oxygens (including phenoxy) is 3. The molecule has 2 heterocycles. The van der Waals surface area contributed by atoms with E-state index >= 15 is 0 Å². The van der Waals surface area contributed by atoms with Gasteiger partial charge in [0.2, 0.25) is 0 Å². The van der Waals surface area contributed by atoms with E-state index in [1.165, 1.54) is 49.8 Å². The van der Waals surface area contributed by atoms with Gasteiger partial charge >= 0.3 is 12.1 Å². The molecule has 2 aliphatic carbocycles. The van der Waals surface area contributed by atoms with E-state index in [4.69, 9.17) is 14.2 Å². The van der Waals surface area contributed by atoms with Gasteiger partial charge in [-0.1, -0.05) is 25.3 Å². The van der Waals surface area contributed by atoms with Crippen LogP contribution in [-0.2, 0) is 20.8 Å². The first-order valence-electron chi connectivity index (χ1n) is 17.5. The molecule has 2 unspecified atom stereocenters. The van der Waals surface area contributed by atoms with Crippen molar-refractivity contribution in [3.8, 4) is 17.0 Å². The zero-order valence-corrected chi connectivity index (χ0v) is 30.5. The first kappa shape index (κ1) is 35.1. The Hall–Kier alpha value is -3.70. The predicted octanol–water partition coefficient (Wildman–Crippen LogP) is 7.55. The summed E-state index contributed by atoms with van der Waals surface area (Å²) in [5, 5.41) is 3.94. The first-order valence-corrected chi connectivity index (χ1v) is 18.3. The number of rotatable bonds is 11. The van der Waals surface area contributed by atoms with Gasteiger partial charge in [-0.05, 0) is 107 Å². The number of hydrogen-bond donors (Lipinski definition) is 2. The molecular weight excluding hydrogens is 641 g/mol. The number of amides is 2. The summed E-state index contributed by atoms with van der Waals surface area (Å²) in [7, 11) is 5.09. The molecule has 2 fully saturated rings. The van der Waals surface area contributed by atoms with Crippen LogP contribution < -0.4 is 14.8 Å². The smallest absolute Gasteiger partial charge is 0.407 e. The standard InChI is InChI=1S/C38H50N4O6S/c1-37(2,3)48-36(45)39-18-10-11-19-41(4)49-40-34(43)25-14-16-28-31(20-25)42-23-38(35(44)47-6)22-30(38)29-21-26(46-5)15-17-27(29)33(42)32(28)24-12-8-7-9-13-24/h14-17,20-21,24,30H,7-13,18-19,22-23H2,1-6H3,(H,39,45)(H,40,43). The molecular formula is C38H50N4O6S. The molecule has 1 aromatic heterocycles. The number of alkyl carbamates (subject to hydrolysis) is 1. The molecule has 49 heavy (non-hydrogen) atoms. The maximum atomic E-state index is 13.5. The Morgan fingerprint density at radius 3 is 2.53 bits per heavy atom. The molecule has 10 nitrogen and oxygen atoms in total. The van der Waals surface area contributed by atoms with E-state index in [2.05, 4.69) is 32.8 Å². The van der Waals surface area contributed by atoms with Gasteiger partial charge in [-0.25, -0.2) is 9.10 Å². The van der Waals surface area contributed by atoms with Gasteiger partial charge < -0.3 is 24.1 Å². The monoisotopic (exact) mass is 690 g/mol. The maximum Gasteiger partial charge on any atom is 0.407 e. The van der Waals surface area contributed by atoms with E-state index in [-0.39, 0.29) is 17.8 Å². The molecule has 2 N–H and O–H groups in total. The van der Waals surface area contributed by atoms with Gasteiger partial charge in [0, 0.05) is 59.7 Å². The van der Waals surface area contributed by atoms with Gasteiger partial charge in [0.25, 0.3) is 5.91 Å². The zero-order chi connectivity index (χ0) is 34.9. The number of esters is 1. The van der Waals surface area contributed by atoms with E-state index < -0.39 is 17.1 Å². The summed E-state index contributed by atoms with van der Waals surface area (Å²) < 4.78 is 23.6. The van der Waals surface area contributed by atoms with Crippen LogP contribution in [0.3, 0.4) is 0 Å². The summed E-state index contributed by atoms with van der Waals surface area (Å²) in [6.45, 7) is 7.29. The minimum atomic E-state index is -0.657. The lowest BCUT2D eigenvalue weighted by atomic mass is 9.81. The normalized spacial score (nSPS) is 20.1. The molecule has 3 aromatic rings. The molecule has 2 atom stereocenters. The lowest BCUT2D eigenvalue weighted by Crippen LogP contribution is -2.33. The molecule has 2 amide bonds. The van der Waals surface area contributed by atoms with Gasteiger partial charge in [-0.15, -0.1) is 0 Å².